The molecule has 0 spiro atoms. The van der Waals surface area contributed by atoms with Crippen LogP contribution in [-0.2, 0) is 10.2 Å². The fourth-order valence-electron chi connectivity index (χ4n) is 2.71. The van der Waals surface area contributed by atoms with E-state index in [1.807, 2.05) is 31.2 Å². The van der Waals surface area contributed by atoms with Crippen molar-refractivity contribution in [2.75, 3.05) is 5.32 Å². The van der Waals surface area contributed by atoms with E-state index in [1.165, 1.54) is 17.7 Å². The summed E-state index contributed by atoms with van der Waals surface area (Å²) in [6, 6.07) is 10.3. The van der Waals surface area contributed by atoms with Crippen LogP contribution in [-0.4, -0.2) is 22.2 Å². The molecule has 1 unspecified atom stereocenters. The van der Waals surface area contributed by atoms with Gasteiger partial charge in [0.25, 0.3) is 5.91 Å². The summed E-state index contributed by atoms with van der Waals surface area (Å²) in [5.41, 5.74) is 1.08. The van der Waals surface area contributed by atoms with Crippen LogP contribution >= 0.6 is 11.6 Å². The molecule has 5 nitrogen and oxygen atoms in total. The Balaban J connectivity index is 2.19. The average Bonchev–Trinajstić information content (AvgIpc) is 2.64. The van der Waals surface area contributed by atoms with Gasteiger partial charge in [0, 0.05) is 0 Å². The van der Waals surface area contributed by atoms with Gasteiger partial charge in [0.1, 0.15) is 17.2 Å². The Morgan fingerprint density at radius 1 is 1.14 bits per heavy atom. The lowest BCUT2D eigenvalue weighted by Crippen LogP contribution is -2.33. The van der Waals surface area contributed by atoms with Gasteiger partial charge in [-0.05, 0) is 48.1 Å². The Morgan fingerprint density at radius 3 is 2.36 bits per heavy atom. The van der Waals surface area contributed by atoms with E-state index >= 15 is 0 Å². The lowest BCUT2D eigenvalue weighted by atomic mass is 9.87. The van der Waals surface area contributed by atoms with Crippen LogP contribution in [0, 0.1) is 0 Å². The lowest BCUT2D eigenvalue weighted by molar-refractivity contribution is -0.123. The maximum atomic E-state index is 12.8. The van der Waals surface area contributed by atoms with Crippen molar-refractivity contribution in [1.82, 2.24) is 0 Å². The minimum Gasteiger partial charge on any atom is -0.506 e. The third-order valence-corrected chi connectivity index (χ3v) is 4.77. The zero-order chi connectivity index (χ0) is 20.9. The number of hydrogen-bond acceptors (Lipinski definition) is 4. The summed E-state index contributed by atoms with van der Waals surface area (Å²) >= 11 is 5.87. The van der Waals surface area contributed by atoms with Crippen molar-refractivity contribution < 1.29 is 19.7 Å². The summed E-state index contributed by atoms with van der Waals surface area (Å²) in [6.45, 7) is 8.42. The van der Waals surface area contributed by atoms with E-state index in [-0.39, 0.29) is 27.6 Å². The number of rotatable bonds is 7. The molecule has 1 amide bonds. The second kappa shape index (κ2) is 9.20. The minimum atomic E-state index is -0.766. The molecule has 28 heavy (non-hydrogen) atoms. The molecule has 0 saturated heterocycles. The van der Waals surface area contributed by atoms with Crippen LogP contribution in [0.1, 0.15) is 52.5 Å². The van der Waals surface area contributed by atoms with Gasteiger partial charge in [-0.1, -0.05) is 57.8 Å². The number of anilines is 1. The summed E-state index contributed by atoms with van der Waals surface area (Å²) in [4.78, 5) is 12.8. The second-order valence-electron chi connectivity index (χ2n) is 7.80. The largest absolute Gasteiger partial charge is 0.506 e. The summed E-state index contributed by atoms with van der Waals surface area (Å²) < 4.78 is 5.92. The maximum absolute atomic E-state index is 12.8. The van der Waals surface area contributed by atoms with Crippen LogP contribution in [0.3, 0.4) is 0 Å². The Bertz CT molecular complexity index is 813. The van der Waals surface area contributed by atoms with Crippen molar-refractivity contribution in [2.24, 2.45) is 0 Å². The molecular weight excluding hydrogens is 378 g/mol. The molecule has 0 radical (unpaired) electrons. The molecule has 0 bridgehead atoms. The van der Waals surface area contributed by atoms with Gasteiger partial charge in [-0.15, -0.1) is 0 Å². The molecule has 3 N–H and O–H groups in total. The average molecular weight is 406 g/mol. The van der Waals surface area contributed by atoms with Crippen LogP contribution in [0.2, 0.25) is 5.02 Å². The van der Waals surface area contributed by atoms with E-state index in [0.29, 0.717) is 12.2 Å². The van der Waals surface area contributed by atoms with Crippen molar-refractivity contribution >= 4 is 23.2 Å². The van der Waals surface area contributed by atoms with Gasteiger partial charge in [0.2, 0.25) is 0 Å². The molecule has 0 aliphatic carbocycles. The number of benzene rings is 2. The highest BCUT2D eigenvalue weighted by Crippen LogP contribution is 2.39. The number of nitrogens with one attached hydrogen (secondary N) is 1. The topological polar surface area (TPSA) is 78.8 Å². The van der Waals surface area contributed by atoms with Gasteiger partial charge in [-0.25, -0.2) is 0 Å². The quantitative estimate of drug-likeness (QED) is 0.522. The number of hydrogen-bond donors (Lipinski definition) is 3. The monoisotopic (exact) mass is 405 g/mol. The van der Waals surface area contributed by atoms with Crippen molar-refractivity contribution in [3.8, 4) is 17.2 Å². The number of amides is 1. The van der Waals surface area contributed by atoms with E-state index in [0.717, 1.165) is 12.8 Å². The first-order valence-corrected chi connectivity index (χ1v) is 9.79. The Labute approximate surface area is 171 Å². The predicted octanol–water partition coefficient (Wildman–Crippen LogP) is 5.63. The van der Waals surface area contributed by atoms with Crippen LogP contribution in [0.25, 0.3) is 0 Å². The summed E-state index contributed by atoms with van der Waals surface area (Å²) in [6.07, 6.45) is 1.44. The maximum Gasteiger partial charge on any atom is 0.265 e. The fourth-order valence-corrected chi connectivity index (χ4v) is 2.87. The molecule has 0 fully saturated rings. The summed E-state index contributed by atoms with van der Waals surface area (Å²) in [5, 5.41) is 22.6. The van der Waals surface area contributed by atoms with E-state index in [4.69, 9.17) is 16.3 Å². The third-order valence-electron chi connectivity index (χ3n) is 4.47. The molecule has 0 heterocycles. The number of phenolic OH excluding ortho intramolecular Hbond substituents is 2. The molecule has 2 aromatic rings. The molecular formula is C22H28ClNO4. The lowest BCUT2D eigenvalue weighted by Gasteiger charge is -2.22. The molecule has 6 heteroatoms. The third kappa shape index (κ3) is 5.55. The van der Waals surface area contributed by atoms with Gasteiger partial charge < -0.3 is 20.3 Å². The van der Waals surface area contributed by atoms with Crippen LogP contribution in [0.4, 0.5) is 5.69 Å². The normalized spacial score (nSPS) is 12.5. The van der Waals surface area contributed by atoms with Gasteiger partial charge >= 0.3 is 0 Å². The number of unbranched alkanes of at least 4 members (excludes halogenated alkanes) is 1. The molecule has 1 atom stereocenters. The van der Waals surface area contributed by atoms with Gasteiger partial charge in [0.05, 0.1) is 5.02 Å². The Kier molecular flexibility index (Phi) is 7.19. The van der Waals surface area contributed by atoms with Crippen molar-refractivity contribution in [3.63, 3.8) is 0 Å². The molecule has 152 valence electrons. The van der Waals surface area contributed by atoms with Crippen LogP contribution < -0.4 is 10.1 Å². The van der Waals surface area contributed by atoms with Crippen LogP contribution in [0.5, 0.6) is 17.2 Å². The first-order chi connectivity index (χ1) is 13.1. The highest BCUT2D eigenvalue weighted by molar-refractivity contribution is 6.32. The SMILES string of the molecule is CCCCC(Oc1ccc(C(C)(C)C)cc1)C(=O)Nc1c(O)ccc(Cl)c1O. The summed E-state index contributed by atoms with van der Waals surface area (Å²) in [7, 11) is 0. The summed E-state index contributed by atoms with van der Waals surface area (Å²) in [5.74, 6) is -0.511. The molecule has 2 aromatic carbocycles. The van der Waals surface area contributed by atoms with Gasteiger partial charge in [0.15, 0.2) is 11.9 Å². The van der Waals surface area contributed by atoms with Crippen molar-refractivity contribution in [2.45, 2.75) is 58.5 Å². The number of halogens is 1. The second-order valence-corrected chi connectivity index (χ2v) is 8.21. The van der Waals surface area contributed by atoms with Crippen molar-refractivity contribution in [3.05, 3.63) is 47.0 Å². The molecule has 0 aliphatic rings. The zero-order valence-corrected chi connectivity index (χ0v) is 17.5. The first-order valence-electron chi connectivity index (χ1n) is 9.42. The number of carbonyl (C=O) groups excluding carboxylic acids is 1. The van der Waals surface area contributed by atoms with Crippen LogP contribution in [0.15, 0.2) is 36.4 Å². The van der Waals surface area contributed by atoms with E-state index in [1.54, 1.807) is 0 Å². The predicted molar refractivity (Wildman–Crippen MR) is 112 cm³/mol. The van der Waals surface area contributed by atoms with E-state index in [9.17, 15) is 15.0 Å². The first kappa shape index (κ1) is 21.9. The Hall–Kier alpha value is -2.40. The van der Waals surface area contributed by atoms with Crippen molar-refractivity contribution in [1.29, 1.82) is 0 Å². The van der Waals surface area contributed by atoms with Gasteiger partial charge in [-0.3, -0.25) is 4.79 Å². The van der Waals surface area contributed by atoms with Gasteiger partial charge in [-0.2, -0.15) is 0 Å². The smallest absolute Gasteiger partial charge is 0.265 e. The number of ether oxygens (including phenoxy) is 1. The highest BCUT2D eigenvalue weighted by Gasteiger charge is 2.23. The van der Waals surface area contributed by atoms with E-state index < -0.39 is 12.0 Å². The molecule has 2 rings (SSSR count). The zero-order valence-electron chi connectivity index (χ0n) is 16.8. The molecule has 0 aliphatic heterocycles. The highest BCUT2D eigenvalue weighted by atomic mass is 35.5. The standard InChI is InChI=1S/C22H28ClNO4/c1-5-6-7-18(28-15-10-8-14(9-11-15)22(2,3)4)21(27)24-19-17(25)13-12-16(23)20(19)26/h8-13,18,25-26H,5-7H2,1-4H3,(H,24,27). The molecule has 0 saturated carbocycles. The van der Waals surface area contributed by atoms with E-state index in [2.05, 4.69) is 26.1 Å². The molecule has 0 aromatic heterocycles. The number of phenols is 2. The minimum absolute atomic E-state index is 0.0269. The number of carbonyl (C=O) groups is 1. The fraction of sp³-hybridized carbons (Fsp3) is 0.409. The Morgan fingerprint density at radius 2 is 1.79 bits per heavy atom. The number of aromatic hydroxyl groups is 2.